The lowest BCUT2D eigenvalue weighted by Crippen LogP contribution is -2.26. The number of ether oxygens (including phenoxy) is 1. The smallest absolute Gasteiger partial charge is 0.265 e. The van der Waals surface area contributed by atoms with E-state index in [0.717, 1.165) is 0 Å². The highest BCUT2D eigenvalue weighted by Crippen LogP contribution is 2.23. The number of allylic oxidation sites excluding steroid dienone is 1. The number of rotatable bonds is 2. The van der Waals surface area contributed by atoms with Crippen molar-refractivity contribution < 1.29 is 9.66 Å². The van der Waals surface area contributed by atoms with E-state index in [1.54, 1.807) is 0 Å². The van der Waals surface area contributed by atoms with Crippen molar-refractivity contribution in [1.29, 1.82) is 0 Å². The largest absolute Gasteiger partial charge is 0.373 e. The fourth-order valence-electron chi connectivity index (χ4n) is 0.913. The Morgan fingerprint density at radius 1 is 1.83 bits per heavy atom. The Hall–Kier alpha value is -1.16. The van der Waals surface area contributed by atoms with Crippen molar-refractivity contribution in [2.75, 3.05) is 7.11 Å². The van der Waals surface area contributed by atoms with Crippen LogP contribution in [0.2, 0.25) is 0 Å². The normalized spacial score (nSPS) is 28.3. The first kappa shape index (κ1) is 8.93. The third kappa shape index (κ3) is 1.71. The molecular formula is C8H9NO3. The summed E-state index contributed by atoms with van der Waals surface area (Å²) in [5.74, 6) is 0. The number of nitro groups is 1. The average molecular weight is 167 g/mol. The van der Waals surface area contributed by atoms with E-state index in [1.165, 1.54) is 25.3 Å². The zero-order valence-corrected chi connectivity index (χ0v) is 6.69. The van der Waals surface area contributed by atoms with Crippen LogP contribution in [0.4, 0.5) is 0 Å². The molecule has 0 spiro atoms. The third-order valence-electron chi connectivity index (χ3n) is 1.76. The molecule has 2 radical (unpaired) electrons. The molecule has 0 saturated carbocycles. The molecule has 1 atom stereocenters. The van der Waals surface area contributed by atoms with Crippen LogP contribution in [0, 0.1) is 17.0 Å². The van der Waals surface area contributed by atoms with Gasteiger partial charge in [0.15, 0.2) is 0 Å². The van der Waals surface area contributed by atoms with Crippen LogP contribution in [0.5, 0.6) is 0 Å². The highest BCUT2D eigenvalue weighted by Gasteiger charge is 2.25. The summed E-state index contributed by atoms with van der Waals surface area (Å²) in [6.07, 6.45) is 4.62. The molecule has 0 bridgehead atoms. The van der Waals surface area contributed by atoms with Crippen LogP contribution < -0.4 is 0 Å². The van der Waals surface area contributed by atoms with Crippen molar-refractivity contribution in [2.24, 2.45) is 0 Å². The minimum atomic E-state index is -0.875. The van der Waals surface area contributed by atoms with Gasteiger partial charge in [0.25, 0.3) is 5.70 Å². The van der Waals surface area contributed by atoms with Gasteiger partial charge in [-0.05, 0) is 12.2 Å². The van der Waals surface area contributed by atoms with E-state index in [2.05, 4.69) is 0 Å². The zero-order valence-electron chi connectivity index (χ0n) is 6.69. The van der Waals surface area contributed by atoms with Crippen LogP contribution in [0.3, 0.4) is 0 Å². The highest BCUT2D eigenvalue weighted by atomic mass is 16.6. The van der Waals surface area contributed by atoms with E-state index in [4.69, 9.17) is 11.7 Å². The molecule has 0 aromatic rings. The van der Waals surface area contributed by atoms with Gasteiger partial charge in [-0.25, -0.2) is 0 Å². The lowest BCUT2D eigenvalue weighted by molar-refractivity contribution is -0.419. The van der Waals surface area contributed by atoms with E-state index in [0.29, 0.717) is 6.42 Å². The van der Waals surface area contributed by atoms with Gasteiger partial charge in [-0.2, -0.15) is 0 Å². The molecule has 1 aliphatic rings. The monoisotopic (exact) mass is 167 g/mol. The van der Waals surface area contributed by atoms with Crippen molar-refractivity contribution in [3.8, 4) is 0 Å². The van der Waals surface area contributed by atoms with Gasteiger partial charge in [0.1, 0.15) is 0 Å². The Labute approximate surface area is 70.7 Å². The Morgan fingerprint density at radius 3 is 2.83 bits per heavy atom. The molecule has 4 nitrogen and oxygen atoms in total. The van der Waals surface area contributed by atoms with Gasteiger partial charge < -0.3 is 4.74 Å². The van der Waals surface area contributed by atoms with Gasteiger partial charge in [0, 0.05) is 26.5 Å². The minimum absolute atomic E-state index is 0.0631. The fraction of sp³-hybridized carbons (Fsp3) is 0.375. The molecule has 0 amide bonds. The first-order valence-electron chi connectivity index (χ1n) is 3.45. The molecule has 4 heteroatoms. The number of hydrogen-bond donors (Lipinski definition) is 0. The highest BCUT2D eigenvalue weighted by molar-refractivity contribution is 5.24. The van der Waals surface area contributed by atoms with Crippen molar-refractivity contribution >= 4 is 0 Å². The SMILES string of the molecule is [CH]C1(OC)C=CC([N+](=O)[O-])=CC1. The molecule has 64 valence electrons. The molecule has 0 aromatic carbocycles. The molecule has 0 fully saturated rings. The summed E-state index contributed by atoms with van der Waals surface area (Å²) in [5, 5.41) is 10.3. The van der Waals surface area contributed by atoms with Crippen molar-refractivity contribution in [3.05, 3.63) is 41.0 Å². The average Bonchev–Trinajstić information content (AvgIpc) is 2.05. The van der Waals surface area contributed by atoms with Crippen LogP contribution in [0.25, 0.3) is 0 Å². The predicted molar refractivity (Wildman–Crippen MR) is 42.9 cm³/mol. The van der Waals surface area contributed by atoms with Gasteiger partial charge in [-0.15, -0.1) is 0 Å². The quantitative estimate of drug-likeness (QED) is 0.458. The zero-order chi connectivity index (χ0) is 9.19. The van der Waals surface area contributed by atoms with Crippen LogP contribution in [-0.4, -0.2) is 17.6 Å². The molecular weight excluding hydrogens is 158 g/mol. The van der Waals surface area contributed by atoms with Crippen LogP contribution in [0.15, 0.2) is 23.9 Å². The van der Waals surface area contributed by atoms with Crippen molar-refractivity contribution in [3.63, 3.8) is 0 Å². The maximum Gasteiger partial charge on any atom is 0.265 e. The number of methoxy groups -OCH3 is 1. The molecule has 0 saturated heterocycles. The standard InChI is InChI=1S/C8H9NO3/c1-8(12-2)5-3-7(4-6-8)9(10)11/h1,3-5H,6H2,2H3. The summed E-state index contributed by atoms with van der Waals surface area (Å²) < 4.78 is 4.93. The summed E-state index contributed by atoms with van der Waals surface area (Å²) in [6, 6.07) is 0. The summed E-state index contributed by atoms with van der Waals surface area (Å²) in [6.45, 7) is 5.64. The molecule has 12 heavy (non-hydrogen) atoms. The maximum absolute atomic E-state index is 10.3. The first-order valence-corrected chi connectivity index (χ1v) is 3.45. The van der Waals surface area contributed by atoms with Gasteiger partial charge >= 0.3 is 0 Å². The van der Waals surface area contributed by atoms with Crippen molar-refractivity contribution in [2.45, 2.75) is 12.0 Å². The Kier molecular flexibility index (Phi) is 2.28. The van der Waals surface area contributed by atoms with E-state index in [1.807, 2.05) is 0 Å². The Balaban J connectivity index is 2.74. The minimum Gasteiger partial charge on any atom is -0.373 e. The van der Waals surface area contributed by atoms with Gasteiger partial charge in [0.05, 0.1) is 10.5 Å². The van der Waals surface area contributed by atoms with Gasteiger partial charge in [-0.1, -0.05) is 0 Å². The maximum atomic E-state index is 10.3. The molecule has 0 aliphatic heterocycles. The van der Waals surface area contributed by atoms with Crippen LogP contribution >= 0.6 is 0 Å². The lowest BCUT2D eigenvalue weighted by atomic mass is 9.96. The Morgan fingerprint density at radius 2 is 2.50 bits per heavy atom. The molecule has 0 aromatic heterocycles. The first-order chi connectivity index (χ1) is 5.57. The molecule has 1 aliphatic carbocycles. The molecule has 0 heterocycles. The lowest BCUT2D eigenvalue weighted by Gasteiger charge is -2.23. The second-order valence-corrected chi connectivity index (χ2v) is 2.58. The summed E-state index contributed by atoms with van der Waals surface area (Å²) in [4.78, 5) is 9.81. The van der Waals surface area contributed by atoms with E-state index >= 15 is 0 Å². The summed E-state index contributed by atoms with van der Waals surface area (Å²) >= 11 is 0. The van der Waals surface area contributed by atoms with Gasteiger partial charge in [0.2, 0.25) is 0 Å². The fourth-order valence-corrected chi connectivity index (χ4v) is 0.913. The number of nitrogens with zero attached hydrogens (tertiary/aromatic N) is 1. The Bertz CT molecular complexity index is 257. The second-order valence-electron chi connectivity index (χ2n) is 2.58. The molecule has 1 unspecified atom stereocenters. The molecule has 1 rings (SSSR count). The second kappa shape index (κ2) is 3.06. The van der Waals surface area contributed by atoms with Crippen LogP contribution in [0.1, 0.15) is 6.42 Å². The van der Waals surface area contributed by atoms with Crippen molar-refractivity contribution in [1.82, 2.24) is 0 Å². The molecule has 0 N–H and O–H groups in total. The van der Waals surface area contributed by atoms with E-state index in [-0.39, 0.29) is 5.70 Å². The predicted octanol–water partition coefficient (Wildman–Crippen LogP) is 1.20. The summed E-state index contributed by atoms with van der Waals surface area (Å²) in [5.41, 5.74) is -0.812. The van der Waals surface area contributed by atoms with Gasteiger partial charge in [-0.3, -0.25) is 10.1 Å². The van der Waals surface area contributed by atoms with Crippen LogP contribution in [-0.2, 0) is 4.74 Å². The van der Waals surface area contributed by atoms with E-state index in [9.17, 15) is 10.1 Å². The summed E-state index contributed by atoms with van der Waals surface area (Å²) in [7, 11) is 1.47. The topological polar surface area (TPSA) is 52.4 Å². The third-order valence-corrected chi connectivity index (χ3v) is 1.76. The number of hydrogen-bond acceptors (Lipinski definition) is 3. The van der Waals surface area contributed by atoms with E-state index < -0.39 is 10.5 Å².